The molecule has 0 atom stereocenters. The molecular weight excluding hydrogens is 348 g/mol. The lowest BCUT2D eigenvalue weighted by Gasteiger charge is -2.29. The van der Waals surface area contributed by atoms with Crippen LogP contribution in [0.15, 0.2) is 36.4 Å². The molecule has 0 saturated heterocycles. The third-order valence-corrected chi connectivity index (χ3v) is 4.86. The SMILES string of the molecule is CC(C)(C)c1ccccc1C(=O)Oc1ccc(C(C)(C)C)c(O)c1C(C)(C)C. The van der Waals surface area contributed by atoms with Gasteiger partial charge in [-0.25, -0.2) is 4.79 Å². The van der Waals surface area contributed by atoms with Crippen molar-refractivity contribution in [1.82, 2.24) is 0 Å². The molecule has 2 aromatic rings. The summed E-state index contributed by atoms with van der Waals surface area (Å²) in [5.74, 6) is 0.208. The van der Waals surface area contributed by atoms with Crippen molar-refractivity contribution in [3.63, 3.8) is 0 Å². The molecule has 0 aromatic heterocycles. The number of hydrogen-bond donors (Lipinski definition) is 1. The fraction of sp³-hybridized carbons (Fsp3) is 0.480. The highest BCUT2D eigenvalue weighted by molar-refractivity contribution is 5.93. The largest absolute Gasteiger partial charge is 0.507 e. The van der Waals surface area contributed by atoms with E-state index in [-0.39, 0.29) is 22.0 Å². The van der Waals surface area contributed by atoms with Gasteiger partial charge in [-0.15, -0.1) is 0 Å². The van der Waals surface area contributed by atoms with Gasteiger partial charge in [0.1, 0.15) is 11.5 Å². The molecule has 0 radical (unpaired) electrons. The molecule has 0 saturated carbocycles. The lowest BCUT2D eigenvalue weighted by atomic mass is 9.79. The van der Waals surface area contributed by atoms with Crippen molar-refractivity contribution < 1.29 is 14.6 Å². The smallest absolute Gasteiger partial charge is 0.343 e. The van der Waals surface area contributed by atoms with Crippen molar-refractivity contribution in [3.8, 4) is 11.5 Å². The second kappa shape index (κ2) is 7.27. The summed E-state index contributed by atoms with van der Waals surface area (Å²) in [6.45, 7) is 18.4. The molecule has 2 rings (SSSR count). The molecule has 0 aliphatic carbocycles. The number of ether oxygens (including phenoxy) is 1. The standard InChI is InChI=1S/C25H34O3/c1-23(2,3)17-13-11-10-12-16(17)22(27)28-19-15-14-18(24(4,5)6)21(26)20(19)25(7,8)9/h10-15,26H,1-9H3. The van der Waals surface area contributed by atoms with Crippen LogP contribution in [0.25, 0.3) is 0 Å². The molecule has 3 nitrogen and oxygen atoms in total. The minimum atomic E-state index is -0.404. The van der Waals surface area contributed by atoms with E-state index in [1.165, 1.54) is 0 Å². The number of esters is 1. The van der Waals surface area contributed by atoms with E-state index >= 15 is 0 Å². The second-order valence-electron chi connectivity index (χ2n) is 10.5. The Balaban J connectivity index is 2.57. The molecule has 0 aliphatic heterocycles. The van der Waals surface area contributed by atoms with Gasteiger partial charge in [0.25, 0.3) is 0 Å². The fourth-order valence-electron chi connectivity index (χ4n) is 3.46. The van der Waals surface area contributed by atoms with Crippen LogP contribution in [0.1, 0.15) is 89.4 Å². The molecule has 0 aliphatic rings. The predicted molar refractivity (Wildman–Crippen MR) is 116 cm³/mol. The zero-order valence-electron chi connectivity index (χ0n) is 18.7. The highest BCUT2D eigenvalue weighted by atomic mass is 16.5. The summed E-state index contributed by atoms with van der Waals surface area (Å²) in [6.07, 6.45) is 0. The van der Waals surface area contributed by atoms with Crippen molar-refractivity contribution in [2.75, 3.05) is 0 Å². The van der Waals surface area contributed by atoms with Gasteiger partial charge in [0.05, 0.1) is 5.56 Å². The van der Waals surface area contributed by atoms with Gasteiger partial charge in [0, 0.05) is 5.56 Å². The van der Waals surface area contributed by atoms with Crippen LogP contribution in [0.5, 0.6) is 11.5 Å². The number of carbonyl (C=O) groups excluding carboxylic acids is 1. The average Bonchev–Trinajstić information content (AvgIpc) is 2.51. The van der Waals surface area contributed by atoms with E-state index in [1.54, 1.807) is 12.1 Å². The molecular formula is C25H34O3. The predicted octanol–water partition coefficient (Wildman–Crippen LogP) is 6.50. The van der Waals surface area contributed by atoms with Crippen LogP contribution >= 0.6 is 0 Å². The Labute approximate surface area is 169 Å². The number of rotatable bonds is 2. The van der Waals surface area contributed by atoms with Crippen LogP contribution in [-0.4, -0.2) is 11.1 Å². The van der Waals surface area contributed by atoms with E-state index in [2.05, 4.69) is 41.5 Å². The first-order valence-electron chi connectivity index (χ1n) is 9.82. The Morgan fingerprint density at radius 2 is 1.29 bits per heavy atom. The van der Waals surface area contributed by atoms with Crippen molar-refractivity contribution in [2.24, 2.45) is 0 Å². The van der Waals surface area contributed by atoms with Gasteiger partial charge in [-0.3, -0.25) is 0 Å². The maximum Gasteiger partial charge on any atom is 0.343 e. The van der Waals surface area contributed by atoms with Gasteiger partial charge in [-0.2, -0.15) is 0 Å². The van der Waals surface area contributed by atoms with E-state index in [0.29, 0.717) is 16.9 Å². The second-order valence-corrected chi connectivity index (χ2v) is 10.5. The molecule has 1 N–H and O–H groups in total. The molecule has 0 fully saturated rings. The number of aromatic hydroxyl groups is 1. The average molecular weight is 383 g/mol. The Bertz CT molecular complexity index is 872. The van der Waals surface area contributed by atoms with E-state index < -0.39 is 5.97 Å². The molecule has 0 heterocycles. The lowest BCUT2D eigenvalue weighted by Crippen LogP contribution is -2.22. The third-order valence-electron chi connectivity index (χ3n) is 4.86. The first-order valence-corrected chi connectivity index (χ1v) is 9.82. The number of carbonyl (C=O) groups is 1. The first-order chi connectivity index (χ1) is 12.6. The van der Waals surface area contributed by atoms with Crippen molar-refractivity contribution in [2.45, 2.75) is 78.6 Å². The zero-order valence-corrected chi connectivity index (χ0v) is 18.7. The normalized spacial score (nSPS) is 12.8. The maximum atomic E-state index is 13.1. The highest BCUT2D eigenvalue weighted by Gasteiger charge is 2.31. The van der Waals surface area contributed by atoms with Crippen LogP contribution in [-0.2, 0) is 16.2 Å². The minimum Gasteiger partial charge on any atom is -0.507 e. The van der Waals surface area contributed by atoms with E-state index in [9.17, 15) is 9.90 Å². The van der Waals surface area contributed by atoms with Gasteiger partial charge in [-0.1, -0.05) is 86.6 Å². The summed E-state index contributed by atoms with van der Waals surface area (Å²) in [5.41, 5.74) is 2.20. The van der Waals surface area contributed by atoms with Gasteiger partial charge in [0.15, 0.2) is 0 Å². The zero-order chi connectivity index (χ0) is 21.5. The van der Waals surface area contributed by atoms with Crippen LogP contribution < -0.4 is 4.74 Å². The van der Waals surface area contributed by atoms with Crippen molar-refractivity contribution >= 4 is 5.97 Å². The lowest BCUT2D eigenvalue weighted by molar-refractivity contribution is 0.0728. The Hall–Kier alpha value is -2.29. The number of hydrogen-bond acceptors (Lipinski definition) is 3. The van der Waals surface area contributed by atoms with E-state index in [0.717, 1.165) is 11.1 Å². The topological polar surface area (TPSA) is 46.5 Å². The Morgan fingerprint density at radius 3 is 1.79 bits per heavy atom. The summed E-state index contributed by atoms with van der Waals surface area (Å²) < 4.78 is 5.84. The molecule has 2 aromatic carbocycles. The summed E-state index contributed by atoms with van der Waals surface area (Å²) in [5, 5.41) is 11.0. The number of benzene rings is 2. The van der Waals surface area contributed by atoms with Gasteiger partial charge in [-0.05, 0) is 39.5 Å². The van der Waals surface area contributed by atoms with Crippen LogP contribution in [0.2, 0.25) is 0 Å². The Kier molecular flexibility index (Phi) is 5.71. The third kappa shape index (κ3) is 4.57. The van der Waals surface area contributed by atoms with Crippen molar-refractivity contribution in [3.05, 3.63) is 58.7 Å². The molecule has 0 bridgehead atoms. The monoisotopic (exact) mass is 382 g/mol. The van der Waals surface area contributed by atoms with Crippen molar-refractivity contribution in [1.29, 1.82) is 0 Å². The summed E-state index contributed by atoms with van der Waals surface area (Å²) in [6, 6.07) is 11.2. The summed E-state index contributed by atoms with van der Waals surface area (Å²) in [4.78, 5) is 13.1. The van der Waals surface area contributed by atoms with Gasteiger partial charge < -0.3 is 9.84 Å². The number of phenolic OH excluding ortho intramolecular Hbond substituents is 1. The van der Waals surface area contributed by atoms with E-state index in [1.807, 2.05) is 45.0 Å². The van der Waals surface area contributed by atoms with E-state index in [4.69, 9.17) is 4.74 Å². The first kappa shape index (κ1) is 22.0. The molecule has 0 amide bonds. The maximum absolute atomic E-state index is 13.1. The summed E-state index contributed by atoms with van der Waals surface area (Å²) in [7, 11) is 0. The minimum absolute atomic E-state index is 0.180. The molecule has 0 unspecified atom stereocenters. The Morgan fingerprint density at radius 1 is 0.750 bits per heavy atom. The van der Waals surface area contributed by atoms with Gasteiger partial charge >= 0.3 is 5.97 Å². The molecule has 28 heavy (non-hydrogen) atoms. The molecule has 0 spiro atoms. The highest BCUT2D eigenvalue weighted by Crippen LogP contribution is 2.44. The van der Waals surface area contributed by atoms with Gasteiger partial charge in [0.2, 0.25) is 0 Å². The van der Waals surface area contributed by atoms with Crippen LogP contribution in [0.3, 0.4) is 0 Å². The van der Waals surface area contributed by atoms with Crippen LogP contribution in [0.4, 0.5) is 0 Å². The fourth-order valence-corrected chi connectivity index (χ4v) is 3.46. The summed E-state index contributed by atoms with van der Waals surface area (Å²) >= 11 is 0. The van der Waals surface area contributed by atoms with Crippen LogP contribution in [0, 0.1) is 0 Å². The number of phenols is 1. The quantitative estimate of drug-likeness (QED) is 0.476. The molecule has 3 heteroatoms. The molecule has 152 valence electrons.